The average Bonchev–Trinajstić information content (AvgIpc) is 2.28. The van der Waals surface area contributed by atoms with Crippen molar-refractivity contribution in [2.75, 3.05) is 13.1 Å². The Hall–Kier alpha value is -1.08. The lowest BCUT2D eigenvalue weighted by molar-refractivity contribution is -0.130. The number of carbonyl (C=O) groups excluding carboxylic acids is 2. The molecule has 0 aromatic rings. The van der Waals surface area contributed by atoms with Crippen LogP contribution < -0.4 is 0 Å². The van der Waals surface area contributed by atoms with Gasteiger partial charge in [-0.05, 0) is 19.8 Å². The minimum atomic E-state index is 0.0581. The molecule has 16 heavy (non-hydrogen) atoms. The van der Waals surface area contributed by atoms with Gasteiger partial charge in [0, 0.05) is 18.7 Å². The van der Waals surface area contributed by atoms with Gasteiger partial charge in [-0.3, -0.25) is 4.79 Å². The van der Waals surface area contributed by atoms with Gasteiger partial charge in [0.1, 0.15) is 5.94 Å². The van der Waals surface area contributed by atoms with E-state index >= 15 is 0 Å². The number of unbranched alkanes of at least 4 members (excludes halogenated alkanes) is 2. The lowest BCUT2D eigenvalue weighted by atomic mass is 10.2. The van der Waals surface area contributed by atoms with Gasteiger partial charge in [0.25, 0.3) is 0 Å². The summed E-state index contributed by atoms with van der Waals surface area (Å²) in [6.45, 7) is 7.49. The molecule has 0 fully saturated rings. The highest BCUT2D eigenvalue weighted by molar-refractivity contribution is 5.80. The summed E-state index contributed by atoms with van der Waals surface area (Å²) in [5.41, 5.74) is 0.489. The maximum Gasteiger partial charge on any atom is 0.227 e. The minimum Gasteiger partial charge on any atom is -0.342 e. The molecule has 1 amide bonds. The molecule has 0 radical (unpaired) electrons. The van der Waals surface area contributed by atoms with Crippen LogP contribution in [0.2, 0.25) is 0 Å². The molecule has 92 valence electrons. The van der Waals surface area contributed by atoms with E-state index < -0.39 is 0 Å². The first kappa shape index (κ1) is 14.9. The van der Waals surface area contributed by atoms with E-state index in [9.17, 15) is 9.59 Å². The minimum absolute atomic E-state index is 0.0581. The van der Waals surface area contributed by atoms with E-state index in [4.69, 9.17) is 0 Å². The van der Waals surface area contributed by atoms with E-state index in [1.165, 1.54) is 0 Å². The average molecular weight is 225 g/mol. The van der Waals surface area contributed by atoms with Gasteiger partial charge in [0.2, 0.25) is 5.91 Å². The number of carbonyl (C=O) groups is 1. The molecular formula is C13H23NO2. The summed E-state index contributed by atoms with van der Waals surface area (Å²) in [6.07, 6.45) is 4.44. The zero-order valence-electron chi connectivity index (χ0n) is 10.7. The summed E-state index contributed by atoms with van der Waals surface area (Å²) in [4.78, 5) is 24.1. The summed E-state index contributed by atoms with van der Waals surface area (Å²) in [6, 6.07) is 0. The van der Waals surface area contributed by atoms with Crippen molar-refractivity contribution in [3.63, 3.8) is 0 Å². The first-order valence-corrected chi connectivity index (χ1v) is 6.14. The zero-order valence-corrected chi connectivity index (χ0v) is 10.7. The van der Waals surface area contributed by atoms with Crippen LogP contribution >= 0.6 is 0 Å². The Morgan fingerprint density at radius 3 is 2.00 bits per heavy atom. The van der Waals surface area contributed by atoms with Crippen LogP contribution in [0.5, 0.6) is 0 Å². The maximum atomic E-state index is 11.9. The molecule has 3 heteroatoms. The van der Waals surface area contributed by atoms with Crippen molar-refractivity contribution < 1.29 is 9.59 Å². The van der Waals surface area contributed by atoms with Crippen molar-refractivity contribution in [2.24, 2.45) is 0 Å². The molecule has 0 saturated carbocycles. The summed E-state index contributed by atoms with van der Waals surface area (Å²) < 4.78 is 0. The molecule has 0 aromatic carbocycles. The van der Waals surface area contributed by atoms with Gasteiger partial charge < -0.3 is 4.90 Å². The van der Waals surface area contributed by atoms with Gasteiger partial charge in [-0.25, -0.2) is 4.79 Å². The van der Waals surface area contributed by atoms with E-state index in [1.54, 1.807) is 12.9 Å². The van der Waals surface area contributed by atoms with Gasteiger partial charge in [0.05, 0.1) is 6.42 Å². The Bertz CT molecular complexity index is 247. The summed E-state index contributed by atoms with van der Waals surface area (Å²) in [5.74, 6) is 1.84. The van der Waals surface area contributed by atoms with Crippen molar-refractivity contribution in [2.45, 2.75) is 52.9 Å². The van der Waals surface area contributed by atoms with Gasteiger partial charge in [-0.15, -0.1) is 0 Å². The number of hydrogen-bond donors (Lipinski definition) is 0. The molecule has 0 aromatic heterocycles. The molecule has 0 aliphatic carbocycles. The van der Waals surface area contributed by atoms with Crippen LogP contribution in [-0.2, 0) is 9.59 Å². The summed E-state index contributed by atoms with van der Waals surface area (Å²) >= 11 is 0. The number of amides is 1. The highest BCUT2D eigenvalue weighted by Gasteiger charge is 2.12. The first-order valence-electron chi connectivity index (χ1n) is 6.14. The smallest absolute Gasteiger partial charge is 0.227 e. The van der Waals surface area contributed by atoms with Crippen molar-refractivity contribution in [3.05, 3.63) is 5.57 Å². The first-order chi connectivity index (χ1) is 7.65. The highest BCUT2D eigenvalue weighted by atomic mass is 16.2. The molecule has 0 bridgehead atoms. The Kier molecular flexibility index (Phi) is 8.55. The van der Waals surface area contributed by atoms with Crippen LogP contribution in [0.3, 0.4) is 0 Å². The van der Waals surface area contributed by atoms with Crippen LogP contribution in [0.25, 0.3) is 0 Å². The molecule has 3 nitrogen and oxygen atoms in total. The summed E-state index contributed by atoms with van der Waals surface area (Å²) in [5, 5.41) is 0. The van der Waals surface area contributed by atoms with Gasteiger partial charge in [0.15, 0.2) is 0 Å². The normalized spacial score (nSPS) is 9.69. The lowest BCUT2D eigenvalue weighted by Gasteiger charge is -2.22. The van der Waals surface area contributed by atoms with E-state index in [-0.39, 0.29) is 12.3 Å². The third-order valence-corrected chi connectivity index (χ3v) is 2.51. The third-order valence-electron chi connectivity index (χ3n) is 2.51. The Morgan fingerprint density at radius 2 is 1.62 bits per heavy atom. The van der Waals surface area contributed by atoms with Gasteiger partial charge >= 0.3 is 0 Å². The monoisotopic (exact) mass is 225 g/mol. The van der Waals surface area contributed by atoms with Crippen molar-refractivity contribution in [1.82, 2.24) is 4.90 Å². The fourth-order valence-corrected chi connectivity index (χ4v) is 1.43. The predicted molar refractivity (Wildman–Crippen MR) is 65.9 cm³/mol. The van der Waals surface area contributed by atoms with Crippen molar-refractivity contribution in [3.8, 4) is 0 Å². The van der Waals surface area contributed by atoms with E-state index in [0.29, 0.717) is 5.57 Å². The molecule has 0 aliphatic rings. The summed E-state index contributed by atoms with van der Waals surface area (Å²) in [7, 11) is 0. The second-order valence-electron chi connectivity index (χ2n) is 4.15. The fourth-order valence-electron chi connectivity index (χ4n) is 1.43. The molecule has 0 spiro atoms. The quantitative estimate of drug-likeness (QED) is 0.595. The molecule has 0 saturated heterocycles. The van der Waals surface area contributed by atoms with Crippen molar-refractivity contribution >= 4 is 11.8 Å². The van der Waals surface area contributed by atoms with E-state index in [0.717, 1.165) is 38.8 Å². The Labute approximate surface area is 98.5 Å². The van der Waals surface area contributed by atoms with E-state index in [1.807, 2.05) is 4.90 Å². The largest absolute Gasteiger partial charge is 0.342 e. The molecular weight excluding hydrogens is 202 g/mol. The maximum absolute atomic E-state index is 11.9. The number of hydrogen-bond acceptors (Lipinski definition) is 2. The van der Waals surface area contributed by atoms with Crippen LogP contribution in [0.15, 0.2) is 5.57 Å². The molecule has 0 atom stereocenters. The fraction of sp³-hybridized carbons (Fsp3) is 0.769. The zero-order chi connectivity index (χ0) is 12.4. The molecule has 0 heterocycles. The molecule has 0 N–H and O–H groups in total. The van der Waals surface area contributed by atoms with Crippen molar-refractivity contribution in [1.29, 1.82) is 0 Å². The Morgan fingerprint density at radius 1 is 1.12 bits per heavy atom. The SMILES string of the molecule is CCCCN(CCCC)C(=O)CC(C)=C=O. The molecule has 0 rings (SSSR count). The lowest BCUT2D eigenvalue weighted by Crippen LogP contribution is -2.32. The van der Waals surface area contributed by atoms with E-state index in [2.05, 4.69) is 13.8 Å². The second kappa shape index (κ2) is 9.17. The van der Waals surface area contributed by atoms with Crippen LogP contribution in [0.1, 0.15) is 52.9 Å². The number of rotatable bonds is 8. The third kappa shape index (κ3) is 6.41. The Balaban J connectivity index is 4.24. The molecule has 0 aliphatic heterocycles. The van der Waals surface area contributed by atoms with Crippen LogP contribution in [0, 0.1) is 0 Å². The second-order valence-corrected chi connectivity index (χ2v) is 4.15. The highest BCUT2D eigenvalue weighted by Crippen LogP contribution is 2.05. The predicted octanol–water partition coefficient (Wildman–Crippen LogP) is 2.58. The number of nitrogens with zero attached hydrogens (tertiary/aromatic N) is 1. The van der Waals surface area contributed by atoms with Gasteiger partial charge in [-0.1, -0.05) is 26.7 Å². The van der Waals surface area contributed by atoms with Crippen LogP contribution in [-0.4, -0.2) is 29.8 Å². The molecule has 0 unspecified atom stereocenters. The topological polar surface area (TPSA) is 37.4 Å². The van der Waals surface area contributed by atoms with Gasteiger partial charge in [-0.2, -0.15) is 0 Å². The standard InChI is InChI=1S/C13H23NO2/c1-4-6-8-14(9-7-5-2)13(16)10-12(3)11-15/h4-10H2,1-3H3. The van der Waals surface area contributed by atoms with Crippen LogP contribution in [0.4, 0.5) is 0 Å².